The molecule has 0 saturated heterocycles. The number of hydrogen-bond donors (Lipinski definition) is 3. The summed E-state index contributed by atoms with van der Waals surface area (Å²) in [6.07, 6.45) is 1.53. The number of nitrogens with zero attached hydrogens (tertiary/aromatic N) is 4. The van der Waals surface area contributed by atoms with Gasteiger partial charge in [0.2, 0.25) is 0 Å². The average Bonchev–Trinajstić information content (AvgIpc) is 2.84. The minimum absolute atomic E-state index is 0.115. The van der Waals surface area contributed by atoms with Crippen molar-refractivity contribution in [1.82, 2.24) is 19.9 Å². The molecule has 9 nitrogen and oxygen atoms in total. The van der Waals surface area contributed by atoms with E-state index in [0.29, 0.717) is 40.8 Å². The van der Waals surface area contributed by atoms with Crippen molar-refractivity contribution in [2.45, 2.75) is 39.9 Å². The van der Waals surface area contributed by atoms with Crippen LogP contribution in [0.1, 0.15) is 34.9 Å². The standard InChI is InChI=1S/C25H29N5O4/c1-14-27-20(18-8-16(12-31)24(34-4)11-22(18)28-14)6-5-7-26-25-19-10-23(33-3)17(13-32)9-21(19)29-15(2)30-25/h8-11,31-32H,5-7,12-13H2,1-4H3,(H,26,29,30). The normalized spacial score (nSPS) is 11.2. The molecule has 0 atom stereocenters. The highest BCUT2D eigenvalue weighted by Gasteiger charge is 2.13. The highest BCUT2D eigenvalue weighted by atomic mass is 16.5. The first-order valence-corrected chi connectivity index (χ1v) is 11.1. The van der Waals surface area contributed by atoms with Crippen LogP contribution in [0.5, 0.6) is 11.5 Å². The first-order valence-electron chi connectivity index (χ1n) is 11.1. The summed E-state index contributed by atoms with van der Waals surface area (Å²) in [5.74, 6) is 3.28. The molecule has 34 heavy (non-hydrogen) atoms. The largest absolute Gasteiger partial charge is 0.496 e. The lowest BCUT2D eigenvalue weighted by Crippen LogP contribution is -2.08. The molecule has 0 aliphatic carbocycles. The zero-order chi connectivity index (χ0) is 24.2. The zero-order valence-electron chi connectivity index (χ0n) is 19.8. The van der Waals surface area contributed by atoms with Crippen LogP contribution in [0.25, 0.3) is 21.8 Å². The molecule has 0 amide bonds. The van der Waals surface area contributed by atoms with Gasteiger partial charge in [0.25, 0.3) is 0 Å². The molecule has 0 aliphatic heterocycles. The average molecular weight is 464 g/mol. The number of rotatable bonds is 9. The maximum absolute atomic E-state index is 9.71. The Kier molecular flexibility index (Phi) is 7.04. The molecule has 0 spiro atoms. The highest BCUT2D eigenvalue weighted by molar-refractivity contribution is 5.91. The molecular formula is C25H29N5O4. The van der Waals surface area contributed by atoms with Gasteiger partial charge in [-0.05, 0) is 44.9 Å². The van der Waals surface area contributed by atoms with E-state index in [-0.39, 0.29) is 13.2 Å². The van der Waals surface area contributed by atoms with Gasteiger partial charge in [0.15, 0.2) is 0 Å². The third-order valence-electron chi connectivity index (χ3n) is 5.72. The Labute approximate surface area is 197 Å². The van der Waals surface area contributed by atoms with Crippen molar-refractivity contribution >= 4 is 27.6 Å². The molecule has 0 radical (unpaired) electrons. The van der Waals surface area contributed by atoms with Crippen molar-refractivity contribution < 1.29 is 19.7 Å². The summed E-state index contributed by atoms with van der Waals surface area (Å²) in [5.41, 5.74) is 3.88. The van der Waals surface area contributed by atoms with E-state index in [2.05, 4.69) is 25.3 Å². The van der Waals surface area contributed by atoms with Crippen LogP contribution in [0.4, 0.5) is 5.82 Å². The Bertz CT molecular complexity index is 1240. The van der Waals surface area contributed by atoms with Crippen LogP contribution in [0.3, 0.4) is 0 Å². The lowest BCUT2D eigenvalue weighted by molar-refractivity contribution is 0.273. The molecule has 3 N–H and O–H groups in total. The van der Waals surface area contributed by atoms with Crippen molar-refractivity contribution in [2.24, 2.45) is 0 Å². The molecule has 0 unspecified atom stereocenters. The van der Waals surface area contributed by atoms with E-state index in [4.69, 9.17) is 9.47 Å². The smallest absolute Gasteiger partial charge is 0.137 e. The number of nitrogens with one attached hydrogen (secondary N) is 1. The van der Waals surface area contributed by atoms with E-state index in [1.54, 1.807) is 14.2 Å². The van der Waals surface area contributed by atoms with E-state index >= 15 is 0 Å². The second kappa shape index (κ2) is 10.1. The van der Waals surface area contributed by atoms with Crippen LogP contribution in [0.2, 0.25) is 0 Å². The van der Waals surface area contributed by atoms with Crippen LogP contribution >= 0.6 is 0 Å². The van der Waals surface area contributed by atoms with Crippen LogP contribution in [-0.2, 0) is 19.6 Å². The maximum atomic E-state index is 9.71. The minimum atomic E-state index is -0.124. The first kappa shape index (κ1) is 23.6. The Morgan fingerprint density at radius 2 is 1.38 bits per heavy atom. The number of aryl methyl sites for hydroxylation is 3. The van der Waals surface area contributed by atoms with E-state index in [1.165, 1.54) is 0 Å². The van der Waals surface area contributed by atoms with Gasteiger partial charge in [-0.3, -0.25) is 0 Å². The summed E-state index contributed by atoms with van der Waals surface area (Å²) in [6.45, 7) is 4.15. The number of benzene rings is 2. The van der Waals surface area contributed by atoms with Gasteiger partial charge in [-0.25, -0.2) is 19.9 Å². The van der Waals surface area contributed by atoms with Crippen molar-refractivity contribution in [2.75, 3.05) is 26.1 Å². The monoisotopic (exact) mass is 463 g/mol. The molecule has 2 aromatic carbocycles. The van der Waals surface area contributed by atoms with Crippen molar-refractivity contribution in [1.29, 1.82) is 0 Å². The van der Waals surface area contributed by atoms with Gasteiger partial charge in [-0.2, -0.15) is 0 Å². The summed E-state index contributed by atoms with van der Waals surface area (Å²) < 4.78 is 10.8. The molecule has 178 valence electrons. The van der Waals surface area contributed by atoms with Crippen LogP contribution in [-0.4, -0.2) is 50.9 Å². The fourth-order valence-corrected chi connectivity index (χ4v) is 4.12. The molecule has 0 fully saturated rings. The van der Waals surface area contributed by atoms with E-state index in [0.717, 1.165) is 46.2 Å². The number of aliphatic hydroxyl groups excluding tert-OH is 2. The summed E-state index contributed by atoms with van der Waals surface area (Å²) in [7, 11) is 3.16. The minimum Gasteiger partial charge on any atom is -0.496 e. The summed E-state index contributed by atoms with van der Waals surface area (Å²) >= 11 is 0. The van der Waals surface area contributed by atoms with E-state index in [1.807, 2.05) is 38.1 Å². The predicted molar refractivity (Wildman–Crippen MR) is 130 cm³/mol. The molecule has 2 aromatic heterocycles. The Hall–Kier alpha value is -3.56. The number of fused-ring (bicyclic) bond motifs is 2. The van der Waals surface area contributed by atoms with Gasteiger partial charge in [0.1, 0.15) is 29.0 Å². The highest BCUT2D eigenvalue weighted by Crippen LogP contribution is 2.30. The predicted octanol–water partition coefficient (Wildman–Crippen LogP) is 3.24. The van der Waals surface area contributed by atoms with Crippen LogP contribution in [0, 0.1) is 13.8 Å². The van der Waals surface area contributed by atoms with Crippen molar-refractivity contribution in [3.05, 3.63) is 52.7 Å². The van der Waals surface area contributed by atoms with Gasteiger partial charge in [0, 0.05) is 34.5 Å². The lowest BCUT2D eigenvalue weighted by atomic mass is 10.1. The third-order valence-corrected chi connectivity index (χ3v) is 5.72. The van der Waals surface area contributed by atoms with Gasteiger partial charge in [-0.15, -0.1) is 0 Å². The summed E-state index contributed by atoms with van der Waals surface area (Å²) in [6, 6.07) is 7.44. The molecule has 4 aromatic rings. The molecule has 0 saturated carbocycles. The fourth-order valence-electron chi connectivity index (χ4n) is 4.12. The second-order valence-electron chi connectivity index (χ2n) is 8.05. The number of aliphatic hydroxyl groups is 2. The first-order chi connectivity index (χ1) is 16.5. The van der Waals surface area contributed by atoms with Crippen molar-refractivity contribution in [3.8, 4) is 11.5 Å². The fraction of sp³-hybridized carbons (Fsp3) is 0.360. The molecule has 9 heteroatoms. The lowest BCUT2D eigenvalue weighted by Gasteiger charge is -2.14. The number of ether oxygens (including phenoxy) is 2. The quantitative estimate of drug-likeness (QED) is 0.321. The van der Waals surface area contributed by atoms with Crippen LogP contribution < -0.4 is 14.8 Å². The number of methoxy groups -OCH3 is 2. The number of hydrogen-bond acceptors (Lipinski definition) is 9. The molecule has 2 heterocycles. The SMILES string of the molecule is COc1cc2nc(C)nc(CCCNc3nc(C)nc4cc(CO)c(OC)cc34)c2cc1CO. The third kappa shape index (κ3) is 4.71. The van der Waals surface area contributed by atoms with Gasteiger partial charge in [0.05, 0.1) is 44.2 Å². The van der Waals surface area contributed by atoms with E-state index in [9.17, 15) is 10.2 Å². The molecular weight excluding hydrogens is 434 g/mol. The second-order valence-corrected chi connectivity index (χ2v) is 8.05. The van der Waals surface area contributed by atoms with Crippen LogP contribution in [0.15, 0.2) is 24.3 Å². The zero-order valence-corrected chi connectivity index (χ0v) is 19.8. The van der Waals surface area contributed by atoms with E-state index < -0.39 is 0 Å². The van der Waals surface area contributed by atoms with Gasteiger partial charge >= 0.3 is 0 Å². The Balaban J connectivity index is 1.56. The van der Waals surface area contributed by atoms with Gasteiger partial charge in [-0.1, -0.05) is 0 Å². The summed E-state index contributed by atoms with van der Waals surface area (Å²) in [5, 5.41) is 24.5. The number of anilines is 1. The number of aromatic nitrogens is 4. The Morgan fingerprint density at radius 3 is 2.06 bits per heavy atom. The van der Waals surface area contributed by atoms with Crippen molar-refractivity contribution in [3.63, 3.8) is 0 Å². The topological polar surface area (TPSA) is 123 Å². The molecule has 4 rings (SSSR count). The van der Waals surface area contributed by atoms with Gasteiger partial charge < -0.3 is 25.0 Å². The molecule has 0 aliphatic rings. The maximum Gasteiger partial charge on any atom is 0.137 e. The summed E-state index contributed by atoms with van der Waals surface area (Å²) in [4.78, 5) is 18.3. The molecule has 0 bridgehead atoms. The Morgan fingerprint density at radius 1 is 0.765 bits per heavy atom.